The van der Waals surface area contributed by atoms with Crippen molar-refractivity contribution in [3.8, 4) is 5.69 Å². The number of pyridine rings is 1. The Kier molecular flexibility index (Phi) is 4.93. The zero-order valence-corrected chi connectivity index (χ0v) is 14.8. The molecule has 2 heterocycles. The lowest BCUT2D eigenvalue weighted by Gasteiger charge is -2.07. The number of hydrogen-bond acceptors (Lipinski definition) is 3. The molecule has 0 atom stereocenters. The van der Waals surface area contributed by atoms with E-state index in [1.54, 1.807) is 6.20 Å². The predicted molar refractivity (Wildman–Crippen MR) is 99.0 cm³/mol. The maximum Gasteiger partial charge on any atom is 0.225 e. The maximum atomic E-state index is 12.3. The highest BCUT2D eigenvalue weighted by Gasteiger charge is 2.14. The number of aromatic nitrogens is 3. The van der Waals surface area contributed by atoms with Gasteiger partial charge in [-0.25, -0.2) is 9.67 Å². The van der Waals surface area contributed by atoms with Crippen molar-refractivity contribution in [1.29, 1.82) is 0 Å². The van der Waals surface area contributed by atoms with Crippen LogP contribution in [0.4, 0.5) is 5.82 Å². The summed E-state index contributed by atoms with van der Waals surface area (Å²) >= 11 is 0. The average molecular weight is 334 g/mol. The minimum atomic E-state index is -0.0342. The molecule has 3 rings (SSSR count). The fraction of sp³-hybridized carbons (Fsp3) is 0.250. The summed E-state index contributed by atoms with van der Waals surface area (Å²) in [5.74, 6) is 0.592. The van der Waals surface area contributed by atoms with Crippen LogP contribution in [0.1, 0.15) is 28.9 Å². The number of carbonyl (C=O) groups is 1. The number of nitrogens with one attached hydrogen (secondary N) is 1. The molecule has 0 aliphatic heterocycles. The number of rotatable bonds is 5. The van der Waals surface area contributed by atoms with Gasteiger partial charge in [0.1, 0.15) is 5.82 Å². The van der Waals surface area contributed by atoms with Gasteiger partial charge in [-0.15, -0.1) is 0 Å². The van der Waals surface area contributed by atoms with Gasteiger partial charge in [0, 0.05) is 18.3 Å². The van der Waals surface area contributed by atoms with E-state index in [1.807, 2.05) is 67.9 Å². The van der Waals surface area contributed by atoms with Crippen LogP contribution in [0, 0.1) is 20.8 Å². The largest absolute Gasteiger partial charge is 0.310 e. The van der Waals surface area contributed by atoms with Crippen LogP contribution in [-0.2, 0) is 11.2 Å². The summed E-state index contributed by atoms with van der Waals surface area (Å²) in [4.78, 5) is 16.5. The van der Waals surface area contributed by atoms with Crippen molar-refractivity contribution < 1.29 is 4.79 Å². The van der Waals surface area contributed by atoms with Crippen LogP contribution in [-0.4, -0.2) is 20.7 Å². The molecule has 1 N–H and O–H groups in total. The molecule has 0 unspecified atom stereocenters. The minimum absolute atomic E-state index is 0.0342. The highest BCUT2D eigenvalue weighted by atomic mass is 16.1. The third-order valence-electron chi connectivity index (χ3n) is 4.31. The third-order valence-corrected chi connectivity index (χ3v) is 4.31. The van der Waals surface area contributed by atoms with E-state index in [9.17, 15) is 4.79 Å². The first-order valence-electron chi connectivity index (χ1n) is 8.38. The highest BCUT2D eigenvalue weighted by molar-refractivity contribution is 5.90. The smallest absolute Gasteiger partial charge is 0.225 e. The first-order chi connectivity index (χ1) is 12.1. The summed E-state index contributed by atoms with van der Waals surface area (Å²) in [6.45, 7) is 5.96. The molecule has 0 aliphatic rings. The van der Waals surface area contributed by atoms with E-state index >= 15 is 0 Å². The number of aryl methyl sites for hydroxylation is 2. The van der Waals surface area contributed by atoms with E-state index in [1.165, 1.54) is 0 Å². The molecule has 5 nitrogen and oxygen atoms in total. The number of para-hydroxylation sites is 1. The second-order valence-corrected chi connectivity index (χ2v) is 6.11. The fourth-order valence-corrected chi connectivity index (χ4v) is 2.91. The summed E-state index contributed by atoms with van der Waals surface area (Å²) in [6.07, 6.45) is 2.74. The first kappa shape index (κ1) is 16.9. The Hall–Kier alpha value is -2.95. The number of amides is 1. The lowest BCUT2D eigenvalue weighted by molar-refractivity contribution is -0.116. The van der Waals surface area contributed by atoms with Crippen molar-refractivity contribution in [2.75, 3.05) is 5.32 Å². The van der Waals surface area contributed by atoms with Gasteiger partial charge in [0.15, 0.2) is 0 Å². The Morgan fingerprint density at radius 2 is 1.84 bits per heavy atom. The number of anilines is 1. The first-order valence-corrected chi connectivity index (χ1v) is 8.38. The van der Waals surface area contributed by atoms with Crippen LogP contribution in [0.5, 0.6) is 0 Å². The Labute approximate surface area is 147 Å². The van der Waals surface area contributed by atoms with Gasteiger partial charge in [0.25, 0.3) is 0 Å². The molecule has 0 radical (unpaired) electrons. The SMILES string of the molecule is Cc1cccnc1NC(=O)CCc1c(C)nn(-c2ccccc2)c1C. The Bertz CT molecular complexity index is 884. The van der Waals surface area contributed by atoms with Crippen molar-refractivity contribution in [2.45, 2.75) is 33.6 Å². The molecular weight excluding hydrogens is 312 g/mol. The monoisotopic (exact) mass is 334 g/mol. The number of hydrogen-bond donors (Lipinski definition) is 1. The van der Waals surface area contributed by atoms with Gasteiger partial charge >= 0.3 is 0 Å². The van der Waals surface area contributed by atoms with Crippen LogP contribution in [0.3, 0.4) is 0 Å². The standard InChI is InChI=1S/C20H22N4O/c1-14-8-7-13-21-20(14)22-19(25)12-11-18-15(2)23-24(16(18)3)17-9-5-4-6-10-17/h4-10,13H,11-12H2,1-3H3,(H,21,22,25). The van der Waals surface area contributed by atoms with Gasteiger partial charge < -0.3 is 5.32 Å². The molecule has 5 heteroatoms. The predicted octanol–water partition coefficient (Wildman–Crippen LogP) is 3.76. The molecule has 128 valence electrons. The van der Waals surface area contributed by atoms with Crippen LogP contribution < -0.4 is 5.32 Å². The molecule has 0 saturated carbocycles. The topological polar surface area (TPSA) is 59.8 Å². The van der Waals surface area contributed by atoms with E-state index in [0.717, 1.165) is 28.2 Å². The van der Waals surface area contributed by atoms with Crippen molar-refractivity contribution in [2.24, 2.45) is 0 Å². The van der Waals surface area contributed by atoms with Crippen LogP contribution in [0.25, 0.3) is 5.69 Å². The van der Waals surface area contributed by atoms with Gasteiger partial charge in [-0.2, -0.15) is 5.10 Å². The summed E-state index contributed by atoms with van der Waals surface area (Å²) < 4.78 is 1.94. The maximum absolute atomic E-state index is 12.3. The van der Waals surface area contributed by atoms with Gasteiger partial charge in [0.05, 0.1) is 11.4 Å². The molecule has 0 fully saturated rings. The second kappa shape index (κ2) is 7.30. The number of benzene rings is 1. The number of carbonyl (C=O) groups excluding carboxylic acids is 1. The molecule has 1 amide bonds. The van der Waals surface area contributed by atoms with Gasteiger partial charge in [-0.3, -0.25) is 4.79 Å². The molecule has 2 aromatic heterocycles. The van der Waals surface area contributed by atoms with Gasteiger partial charge in [0.2, 0.25) is 5.91 Å². The molecule has 1 aromatic carbocycles. The molecule has 0 spiro atoms. The normalized spacial score (nSPS) is 10.7. The van der Waals surface area contributed by atoms with Gasteiger partial charge in [-0.1, -0.05) is 24.3 Å². The molecule has 0 saturated heterocycles. The minimum Gasteiger partial charge on any atom is -0.310 e. The summed E-state index contributed by atoms with van der Waals surface area (Å²) in [7, 11) is 0. The molecular formula is C20H22N4O. The van der Waals surface area contributed by atoms with Crippen molar-refractivity contribution in [3.63, 3.8) is 0 Å². The quantitative estimate of drug-likeness (QED) is 0.773. The second-order valence-electron chi connectivity index (χ2n) is 6.11. The summed E-state index contributed by atoms with van der Waals surface area (Å²) in [6, 6.07) is 13.8. The van der Waals surface area contributed by atoms with Crippen LogP contribution in [0.15, 0.2) is 48.7 Å². The fourth-order valence-electron chi connectivity index (χ4n) is 2.91. The lowest BCUT2D eigenvalue weighted by Crippen LogP contribution is -2.14. The lowest BCUT2D eigenvalue weighted by atomic mass is 10.1. The average Bonchev–Trinajstić information content (AvgIpc) is 2.90. The van der Waals surface area contributed by atoms with Crippen LogP contribution in [0.2, 0.25) is 0 Å². The molecule has 0 aliphatic carbocycles. The van der Waals surface area contributed by atoms with Crippen molar-refractivity contribution in [3.05, 3.63) is 71.2 Å². The summed E-state index contributed by atoms with van der Waals surface area (Å²) in [5, 5.41) is 7.51. The Morgan fingerprint density at radius 1 is 1.08 bits per heavy atom. The summed E-state index contributed by atoms with van der Waals surface area (Å²) in [5.41, 5.74) is 5.15. The molecule has 0 bridgehead atoms. The zero-order valence-electron chi connectivity index (χ0n) is 14.8. The van der Waals surface area contributed by atoms with E-state index in [-0.39, 0.29) is 5.91 Å². The van der Waals surface area contributed by atoms with Crippen molar-refractivity contribution >= 4 is 11.7 Å². The zero-order chi connectivity index (χ0) is 17.8. The molecule has 3 aromatic rings. The van der Waals surface area contributed by atoms with E-state index < -0.39 is 0 Å². The van der Waals surface area contributed by atoms with Gasteiger partial charge in [-0.05, 0) is 56.5 Å². The van der Waals surface area contributed by atoms with Crippen LogP contribution >= 0.6 is 0 Å². The highest BCUT2D eigenvalue weighted by Crippen LogP contribution is 2.19. The van der Waals surface area contributed by atoms with Crippen molar-refractivity contribution in [1.82, 2.24) is 14.8 Å². The third kappa shape index (κ3) is 3.76. The molecule has 25 heavy (non-hydrogen) atoms. The van der Waals surface area contributed by atoms with E-state index in [2.05, 4.69) is 15.4 Å². The van der Waals surface area contributed by atoms with E-state index in [4.69, 9.17) is 0 Å². The Balaban J connectivity index is 1.70. The number of nitrogens with zero attached hydrogens (tertiary/aromatic N) is 3. The Morgan fingerprint density at radius 3 is 2.56 bits per heavy atom. The van der Waals surface area contributed by atoms with E-state index in [0.29, 0.717) is 18.7 Å².